The van der Waals surface area contributed by atoms with Crippen LogP contribution in [-0.2, 0) is 22.1 Å². The van der Waals surface area contributed by atoms with Crippen LogP contribution in [-0.4, -0.2) is 55.3 Å². The molecule has 1 fully saturated rings. The Hall–Kier alpha value is -3.62. The number of halogens is 1. The Balaban J connectivity index is 1.25. The van der Waals surface area contributed by atoms with Crippen molar-refractivity contribution in [3.8, 4) is 0 Å². The average Bonchev–Trinajstić information content (AvgIpc) is 2.91. The van der Waals surface area contributed by atoms with E-state index in [0.29, 0.717) is 29.7 Å². The molecule has 8 heteroatoms. The topological polar surface area (TPSA) is 70.6 Å². The minimum absolute atomic E-state index is 0.0582. The number of hydrogen-bond acceptors (Lipinski definition) is 5. The van der Waals surface area contributed by atoms with Crippen molar-refractivity contribution in [2.45, 2.75) is 24.1 Å². The Labute approximate surface area is 216 Å². The number of fused-ring (bicyclic) bond motifs is 1. The third-order valence-corrected chi connectivity index (χ3v) is 8.54. The molecule has 37 heavy (non-hydrogen) atoms. The zero-order chi connectivity index (χ0) is 26.0. The molecular formula is C29H28FN3O3S. The lowest BCUT2D eigenvalue weighted by atomic mass is 10.1. The number of pyridine rings is 1. The summed E-state index contributed by atoms with van der Waals surface area (Å²) in [6.07, 6.45) is 1.59. The van der Waals surface area contributed by atoms with Crippen LogP contribution in [0.15, 0.2) is 83.9 Å². The van der Waals surface area contributed by atoms with Crippen LogP contribution >= 0.6 is 0 Å². The van der Waals surface area contributed by atoms with Gasteiger partial charge in [-0.3, -0.25) is 14.7 Å². The number of carbonyl (C=O) groups is 1. The van der Waals surface area contributed by atoms with Crippen LogP contribution in [0.25, 0.3) is 10.9 Å². The lowest BCUT2D eigenvalue weighted by molar-refractivity contribution is 0.0628. The van der Waals surface area contributed by atoms with Gasteiger partial charge < -0.3 is 4.90 Å². The van der Waals surface area contributed by atoms with Crippen LogP contribution in [0.2, 0.25) is 0 Å². The quantitative estimate of drug-likeness (QED) is 0.374. The number of aromatic nitrogens is 1. The van der Waals surface area contributed by atoms with E-state index in [2.05, 4.69) is 9.88 Å². The molecule has 190 valence electrons. The zero-order valence-corrected chi connectivity index (χ0v) is 21.4. The Bertz CT molecular complexity index is 1540. The molecule has 1 aliphatic rings. The second-order valence-electron chi connectivity index (χ2n) is 9.43. The fraction of sp³-hybridized carbons (Fsp3) is 0.241. The summed E-state index contributed by atoms with van der Waals surface area (Å²) < 4.78 is 39.7. The molecule has 0 atom stereocenters. The van der Waals surface area contributed by atoms with Crippen molar-refractivity contribution in [2.75, 3.05) is 26.2 Å². The van der Waals surface area contributed by atoms with Gasteiger partial charge in [-0.15, -0.1) is 0 Å². The lowest BCUT2D eigenvalue weighted by Crippen LogP contribution is -2.48. The van der Waals surface area contributed by atoms with E-state index in [1.54, 1.807) is 54.7 Å². The summed E-state index contributed by atoms with van der Waals surface area (Å²) in [6.45, 7) is 5.22. The van der Waals surface area contributed by atoms with Crippen LogP contribution in [0.3, 0.4) is 0 Å². The van der Waals surface area contributed by atoms with E-state index in [9.17, 15) is 17.6 Å². The molecule has 0 aliphatic carbocycles. The van der Waals surface area contributed by atoms with Gasteiger partial charge in [-0.25, -0.2) is 12.8 Å². The number of hydrogen-bond donors (Lipinski definition) is 0. The molecule has 0 radical (unpaired) electrons. The molecule has 1 saturated heterocycles. The number of benzene rings is 3. The molecule has 3 aromatic carbocycles. The minimum Gasteiger partial charge on any atom is -0.336 e. The summed E-state index contributed by atoms with van der Waals surface area (Å²) in [4.78, 5) is 21.7. The maximum absolute atomic E-state index is 13.3. The van der Waals surface area contributed by atoms with Gasteiger partial charge in [-0.2, -0.15) is 0 Å². The van der Waals surface area contributed by atoms with Crippen molar-refractivity contribution in [2.24, 2.45) is 0 Å². The predicted molar refractivity (Wildman–Crippen MR) is 141 cm³/mol. The molecule has 0 unspecified atom stereocenters. The normalized spacial score (nSPS) is 14.7. The van der Waals surface area contributed by atoms with Gasteiger partial charge in [-0.1, -0.05) is 36.4 Å². The molecule has 1 aliphatic heterocycles. The number of aryl methyl sites for hydroxylation is 1. The van der Waals surface area contributed by atoms with Gasteiger partial charge in [0.25, 0.3) is 5.91 Å². The van der Waals surface area contributed by atoms with Crippen molar-refractivity contribution in [1.82, 2.24) is 14.8 Å². The summed E-state index contributed by atoms with van der Waals surface area (Å²) in [5.41, 5.74) is 3.48. The Morgan fingerprint density at radius 3 is 2.41 bits per heavy atom. The third kappa shape index (κ3) is 5.55. The van der Waals surface area contributed by atoms with Gasteiger partial charge in [0.15, 0.2) is 9.84 Å². The summed E-state index contributed by atoms with van der Waals surface area (Å²) >= 11 is 0. The second-order valence-corrected chi connectivity index (χ2v) is 11.4. The smallest absolute Gasteiger partial charge is 0.253 e. The van der Waals surface area contributed by atoms with Crippen molar-refractivity contribution in [1.29, 1.82) is 0 Å². The molecule has 2 heterocycles. The van der Waals surface area contributed by atoms with Crippen molar-refractivity contribution in [3.05, 3.63) is 107 Å². The van der Waals surface area contributed by atoms with Crippen LogP contribution in [0, 0.1) is 12.7 Å². The van der Waals surface area contributed by atoms with Gasteiger partial charge in [0.05, 0.1) is 16.2 Å². The van der Waals surface area contributed by atoms with Crippen LogP contribution in [0.5, 0.6) is 0 Å². The first kappa shape index (κ1) is 25.0. The molecule has 5 rings (SSSR count). The van der Waals surface area contributed by atoms with E-state index in [-0.39, 0.29) is 22.4 Å². The lowest BCUT2D eigenvalue weighted by Gasteiger charge is -2.35. The molecule has 1 amide bonds. The minimum atomic E-state index is -3.63. The highest BCUT2D eigenvalue weighted by atomic mass is 32.2. The Kier molecular flexibility index (Phi) is 7.04. The Morgan fingerprint density at radius 2 is 1.68 bits per heavy atom. The highest BCUT2D eigenvalue weighted by molar-refractivity contribution is 7.90. The fourth-order valence-corrected chi connectivity index (χ4v) is 6.38. The van der Waals surface area contributed by atoms with Crippen LogP contribution in [0.1, 0.15) is 27.0 Å². The molecule has 1 aromatic heterocycles. The maximum atomic E-state index is 13.3. The summed E-state index contributed by atoms with van der Waals surface area (Å²) in [5.74, 6) is -0.466. The van der Waals surface area contributed by atoms with E-state index in [1.807, 2.05) is 24.0 Å². The number of sulfone groups is 1. The fourth-order valence-electron chi connectivity index (χ4n) is 4.74. The van der Waals surface area contributed by atoms with Gasteiger partial charge >= 0.3 is 0 Å². The van der Waals surface area contributed by atoms with Gasteiger partial charge in [0, 0.05) is 49.9 Å². The molecular weight excluding hydrogens is 489 g/mol. The average molecular weight is 518 g/mol. The zero-order valence-electron chi connectivity index (χ0n) is 20.6. The number of rotatable bonds is 6. The first-order valence-electron chi connectivity index (χ1n) is 12.2. The third-order valence-electron chi connectivity index (χ3n) is 6.84. The van der Waals surface area contributed by atoms with Crippen LogP contribution < -0.4 is 0 Å². The van der Waals surface area contributed by atoms with Gasteiger partial charge in [0.1, 0.15) is 5.82 Å². The Morgan fingerprint density at radius 1 is 0.946 bits per heavy atom. The largest absolute Gasteiger partial charge is 0.336 e. The first-order chi connectivity index (χ1) is 17.8. The highest BCUT2D eigenvalue weighted by Crippen LogP contribution is 2.26. The van der Waals surface area contributed by atoms with Crippen molar-refractivity contribution >= 4 is 26.6 Å². The van der Waals surface area contributed by atoms with E-state index < -0.39 is 9.84 Å². The van der Waals surface area contributed by atoms with E-state index in [4.69, 9.17) is 0 Å². The molecule has 4 aromatic rings. The molecule has 0 spiro atoms. The molecule has 0 saturated carbocycles. The van der Waals surface area contributed by atoms with E-state index in [1.165, 1.54) is 12.1 Å². The van der Waals surface area contributed by atoms with Gasteiger partial charge in [-0.05, 0) is 60.0 Å². The number of nitrogens with zero attached hydrogens (tertiary/aromatic N) is 3. The number of amides is 1. The van der Waals surface area contributed by atoms with Gasteiger partial charge in [0.2, 0.25) is 0 Å². The summed E-state index contributed by atoms with van der Waals surface area (Å²) in [6, 6.07) is 20.5. The standard InChI is InChI=1S/C29H28FN3O3S/c1-21-18-24(29(34)33-16-14-32(15-17-33)19-22-7-11-26(30)12-8-22)9-10-25(21)20-37(35,36)27-6-2-4-23-5-3-13-31-28(23)27/h2-13,18H,14-17,19-20H2,1H3. The predicted octanol–water partition coefficient (Wildman–Crippen LogP) is 4.61. The number of para-hydroxylation sites is 1. The highest BCUT2D eigenvalue weighted by Gasteiger charge is 2.24. The molecule has 6 nitrogen and oxygen atoms in total. The molecule has 0 bridgehead atoms. The van der Waals surface area contributed by atoms with Crippen molar-refractivity contribution in [3.63, 3.8) is 0 Å². The first-order valence-corrected chi connectivity index (χ1v) is 13.9. The number of piperazine rings is 1. The summed E-state index contributed by atoms with van der Waals surface area (Å²) in [5, 5.41) is 0.777. The summed E-state index contributed by atoms with van der Waals surface area (Å²) in [7, 11) is -3.63. The van der Waals surface area contributed by atoms with Crippen molar-refractivity contribution < 1.29 is 17.6 Å². The molecule has 0 N–H and O–H groups in total. The monoisotopic (exact) mass is 517 g/mol. The SMILES string of the molecule is Cc1cc(C(=O)N2CCN(Cc3ccc(F)cc3)CC2)ccc1CS(=O)(=O)c1cccc2cccnc12. The maximum Gasteiger partial charge on any atom is 0.253 e. The van der Waals surface area contributed by atoms with E-state index in [0.717, 1.165) is 36.1 Å². The van der Waals surface area contributed by atoms with E-state index >= 15 is 0 Å². The second kappa shape index (κ2) is 10.4. The number of carbonyl (C=O) groups excluding carboxylic acids is 1. The van der Waals surface area contributed by atoms with Crippen LogP contribution in [0.4, 0.5) is 4.39 Å².